The van der Waals surface area contributed by atoms with Crippen molar-refractivity contribution in [2.24, 2.45) is 7.05 Å². The van der Waals surface area contributed by atoms with Crippen LogP contribution in [-0.2, 0) is 21.9 Å². The fourth-order valence-corrected chi connectivity index (χ4v) is 2.49. The maximum Gasteiger partial charge on any atom is 0.303 e. The molecule has 0 saturated carbocycles. The quantitative estimate of drug-likeness (QED) is 0.768. The van der Waals surface area contributed by atoms with E-state index in [9.17, 15) is 13.2 Å². The van der Waals surface area contributed by atoms with E-state index in [0.29, 0.717) is 11.4 Å². The lowest BCUT2D eigenvalue weighted by atomic mass is 10.3. The van der Waals surface area contributed by atoms with Gasteiger partial charge in [-0.3, -0.25) is 14.2 Å². The number of sulfonamides is 1. The molecule has 1 rings (SSSR count). The summed E-state index contributed by atoms with van der Waals surface area (Å²) in [4.78, 5) is 10.3. The average Bonchev–Trinajstić information content (AvgIpc) is 2.42. The Bertz CT molecular complexity index is 506. The maximum atomic E-state index is 11.6. The molecule has 0 bridgehead atoms. The summed E-state index contributed by atoms with van der Waals surface area (Å²) in [5.74, 6) is -1.22. The van der Waals surface area contributed by atoms with Gasteiger partial charge < -0.3 is 5.11 Å². The second kappa shape index (κ2) is 5.17. The number of rotatable bonds is 6. The van der Waals surface area contributed by atoms with E-state index in [1.165, 1.54) is 4.68 Å². The molecule has 7 nitrogen and oxygen atoms in total. The van der Waals surface area contributed by atoms with Gasteiger partial charge in [0.05, 0.1) is 17.1 Å². The molecule has 0 amide bonds. The zero-order valence-corrected chi connectivity index (χ0v) is 10.5. The fraction of sp³-hybridized carbons (Fsp3) is 0.556. The lowest BCUT2D eigenvalue weighted by Crippen LogP contribution is -2.17. The van der Waals surface area contributed by atoms with Crippen LogP contribution in [-0.4, -0.2) is 35.0 Å². The molecule has 0 aliphatic rings. The van der Waals surface area contributed by atoms with Crippen LogP contribution in [0.3, 0.4) is 0 Å². The molecular formula is C9H15N3O4S. The molecule has 1 aromatic heterocycles. The standard InChI is InChI=1S/C9H15N3O4S/c1-7-8(6-12(2)10-7)11-17(15,16)5-3-4-9(13)14/h6,11H,3-5H2,1-2H3,(H,13,14). The number of aliphatic carboxylic acids is 1. The highest BCUT2D eigenvalue weighted by Gasteiger charge is 2.14. The van der Waals surface area contributed by atoms with Gasteiger partial charge in [0.15, 0.2) is 0 Å². The van der Waals surface area contributed by atoms with Crippen LogP contribution in [0, 0.1) is 6.92 Å². The summed E-state index contributed by atoms with van der Waals surface area (Å²) in [6, 6.07) is 0. The summed E-state index contributed by atoms with van der Waals surface area (Å²) in [6.07, 6.45) is 1.49. The monoisotopic (exact) mass is 261 g/mol. The second-order valence-corrected chi connectivity index (χ2v) is 5.56. The van der Waals surface area contributed by atoms with E-state index in [1.54, 1.807) is 20.2 Å². The third-order valence-electron chi connectivity index (χ3n) is 2.08. The molecule has 8 heteroatoms. The number of carboxylic acids is 1. The van der Waals surface area contributed by atoms with Crippen LogP contribution < -0.4 is 4.72 Å². The minimum absolute atomic E-state index is 0.0873. The molecule has 17 heavy (non-hydrogen) atoms. The van der Waals surface area contributed by atoms with Gasteiger partial charge in [-0.2, -0.15) is 5.10 Å². The molecule has 0 spiro atoms. The Kier molecular flexibility index (Phi) is 4.11. The Morgan fingerprint density at radius 3 is 2.71 bits per heavy atom. The number of aromatic nitrogens is 2. The zero-order chi connectivity index (χ0) is 13.1. The molecule has 96 valence electrons. The summed E-state index contributed by atoms with van der Waals surface area (Å²) in [7, 11) is -1.82. The van der Waals surface area contributed by atoms with Crippen LogP contribution in [0.25, 0.3) is 0 Å². The van der Waals surface area contributed by atoms with Crippen molar-refractivity contribution in [3.63, 3.8) is 0 Å². The predicted octanol–water partition coefficient (Wildman–Crippen LogP) is 0.335. The normalized spacial score (nSPS) is 11.4. The number of aryl methyl sites for hydroxylation is 2. The second-order valence-electron chi connectivity index (χ2n) is 3.72. The van der Waals surface area contributed by atoms with Gasteiger partial charge in [0.2, 0.25) is 10.0 Å². The first-order valence-corrected chi connectivity index (χ1v) is 6.68. The Morgan fingerprint density at radius 1 is 1.59 bits per heavy atom. The van der Waals surface area contributed by atoms with Gasteiger partial charge in [-0.15, -0.1) is 0 Å². The molecular weight excluding hydrogens is 246 g/mol. The van der Waals surface area contributed by atoms with E-state index in [-0.39, 0.29) is 18.6 Å². The number of hydrogen-bond donors (Lipinski definition) is 2. The summed E-state index contributed by atoms with van der Waals surface area (Å²) in [5.41, 5.74) is 0.997. The topological polar surface area (TPSA) is 101 Å². The molecule has 0 saturated heterocycles. The van der Waals surface area contributed by atoms with Crippen molar-refractivity contribution >= 4 is 21.7 Å². The maximum absolute atomic E-state index is 11.6. The fourth-order valence-electron chi connectivity index (χ4n) is 1.33. The molecule has 1 heterocycles. The summed E-state index contributed by atoms with van der Waals surface area (Å²) >= 11 is 0. The van der Waals surface area contributed by atoms with Gasteiger partial charge in [-0.25, -0.2) is 8.42 Å². The number of carboxylic acid groups (broad SMARTS) is 1. The summed E-state index contributed by atoms with van der Waals surface area (Å²) in [6.45, 7) is 1.69. The van der Waals surface area contributed by atoms with E-state index < -0.39 is 16.0 Å². The first kappa shape index (κ1) is 13.5. The molecule has 0 aromatic carbocycles. The molecule has 0 fully saturated rings. The number of nitrogens with zero attached hydrogens (tertiary/aromatic N) is 2. The van der Waals surface area contributed by atoms with Crippen LogP contribution >= 0.6 is 0 Å². The summed E-state index contributed by atoms with van der Waals surface area (Å²) in [5, 5.41) is 12.4. The Balaban J connectivity index is 2.60. The van der Waals surface area contributed by atoms with Crippen molar-refractivity contribution in [1.82, 2.24) is 9.78 Å². The highest BCUT2D eigenvalue weighted by atomic mass is 32.2. The minimum atomic E-state index is -3.51. The minimum Gasteiger partial charge on any atom is -0.481 e. The number of nitrogens with one attached hydrogen (secondary N) is 1. The summed E-state index contributed by atoms with van der Waals surface area (Å²) < 4.78 is 27.1. The predicted molar refractivity (Wildman–Crippen MR) is 62.2 cm³/mol. The van der Waals surface area contributed by atoms with Gasteiger partial charge in [-0.1, -0.05) is 0 Å². The van der Waals surface area contributed by atoms with Crippen LogP contribution in [0.4, 0.5) is 5.69 Å². The Hall–Kier alpha value is -1.57. The third kappa shape index (κ3) is 4.43. The van der Waals surface area contributed by atoms with Gasteiger partial charge in [0, 0.05) is 19.7 Å². The number of hydrogen-bond acceptors (Lipinski definition) is 4. The first-order valence-electron chi connectivity index (χ1n) is 5.03. The molecule has 0 atom stereocenters. The van der Waals surface area contributed by atoms with Crippen molar-refractivity contribution in [1.29, 1.82) is 0 Å². The smallest absolute Gasteiger partial charge is 0.303 e. The van der Waals surface area contributed by atoms with E-state index in [1.807, 2.05) is 0 Å². The van der Waals surface area contributed by atoms with Crippen molar-refractivity contribution in [3.05, 3.63) is 11.9 Å². The molecule has 0 aliphatic carbocycles. The Labute approximate surface area is 99.5 Å². The van der Waals surface area contributed by atoms with Gasteiger partial charge in [0.25, 0.3) is 0 Å². The van der Waals surface area contributed by atoms with Crippen LogP contribution in [0.5, 0.6) is 0 Å². The molecule has 0 radical (unpaired) electrons. The van der Waals surface area contributed by atoms with E-state index >= 15 is 0 Å². The molecule has 2 N–H and O–H groups in total. The largest absolute Gasteiger partial charge is 0.481 e. The highest BCUT2D eigenvalue weighted by Crippen LogP contribution is 2.13. The number of carbonyl (C=O) groups is 1. The lowest BCUT2D eigenvalue weighted by Gasteiger charge is -2.05. The third-order valence-corrected chi connectivity index (χ3v) is 3.44. The molecule has 0 unspecified atom stereocenters. The van der Waals surface area contributed by atoms with Gasteiger partial charge in [0.1, 0.15) is 0 Å². The van der Waals surface area contributed by atoms with Crippen LogP contribution in [0.1, 0.15) is 18.5 Å². The van der Waals surface area contributed by atoms with Gasteiger partial charge >= 0.3 is 5.97 Å². The first-order chi connectivity index (χ1) is 7.80. The van der Waals surface area contributed by atoms with Crippen molar-refractivity contribution in [2.75, 3.05) is 10.5 Å². The van der Waals surface area contributed by atoms with E-state index in [0.717, 1.165) is 0 Å². The molecule has 1 aromatic rings. The Morgan fingerprint density at radius 2 is 2.24 bits per heavy atom. The highest BCUT2D eigenvalue weighted by molar-refractivity contribution is 7.92. The van der Waals surface area contributed by atoms with Crippen molar-refractivity contribution in [3.8, 4) is 0 Å². The SMILES string of the molecule is Cc1nn(C)cc1NS(=O)(=O)CCCC(=O)O. The number of anilines is 1. The van der Waals surface area contributed by atoms with E-state index in [4.69, 9.17) is 5.11 Å². The van der Waals surface area contributed by atoms with Crippen LogP contribution in [0.15, 0.2) is 6.20 Å². The van der Waals surface area contributed by atoms with E-state index in [2.05, 4.69) is 9.82 Å². The van der Waals surface area contributed by atoms with Crippen molar-refractivity contribution in [2.45, 2.75) is 19.8 Å². The zero-order valence-electron chi connectivity index (χ0n) is 9.67. The average molecular weight is 261 g/mol. The van der Waals surface area contributed by atoms with Gasteiger partial charge in [-0.05, 0) is 13.3 Å². The molecule has 0 aliphatic heterocycles. The lowest BCUT2D eigenvalue weighted by molar-refractivity contribution is -0.137. The van der Waals surface area contributed by atoms with Crippen LogP contribution in [0.2, 0.25) is 0 Å². The van der Waals surface area contributed by atoms with Crippen molar-refractivity contribution < 1.29 is 18.3 Å².